The Morgan fingerprint density at radius 2 is 1.76 bits per heavy atom. The third-order valence-electron chi connectivity index (χ3n) is 7.57. The van der Waals surface area contributed by atoms with Gasteiger partial charge in [-0.25, -0.2) is 9.78 Å². The molecule has 0 saturated heterocycles. The summed E-state index contributed by atoms with van der Waals surface area (Å²) < 4.78 is 7.65. The number of benzene rings is 2. The highest BCUT2D eigenvalue weighted by Gasteiger charge is 2.39. The highest BCUT2D eigenvalue weighted by Crippen LogP contribution is 2.39. The molecule has 0 radical (unpaired) electrons. The van der Waals surface area contributed by atoms with Crippen LogP contribution in [0.2, 0.25) is 5.02 Å². The van der Waals surface area contributed by atoms with E-state index in [9.17, 15) is 19.5 Å². The van der Waals surface area contributed by atoms with Crippen LogP contribution < -0.4 is 26.6 Å². The van der Waals surface area contributed by atoms with Crippen molar-refractivity contribution in [3.8, 4) is 28.3 Å². The van der Waals surface area contributed by atoms with E-state index in [1.807, 2.05) is 43.3 Å². The number of halogens is 1. The zero-order chi connectivity index (χ0) is 30.2. The van der Waals surface area contributed by atoms with Gasteiger partial charge in [0.05, 0.1) is 23.4 Å². The quantitative estimate of drug-likeness (QED) is 0.272. The lowest BCUT2D eigenvalue weighted by Gasteiger charge is -2.16. The van der Waals surface area contributed by atoms with Crippen molar-refractivity contribution in [2.75, 3.05) is 19.0 Å². The molecule has 0 atom stereocenters. The number of aromatic nitrogens is 3. The topological polar surface area (TPSA) is 127 Å². The van der Waals surface area contributed by atoms with Gasteiger partial charge in [0.2, 0.25) is 5.88 Å². The van der Waals surface area contributed by atoms with Crippen LogP contribution in [0.1, 0.15) is 34.3 Å². The molecule has 2 heterocycles. The van der Waals surface area contributed by atoms with Crippen LogP contribution in [0.4, 0.5) is 5.69 Å². The van der Waals surface area contributed by atoms with Crippen molar-refractivity contribution < 1.29 is 14.6 Å². The minimum absolute atomic E-state index is 0.147. The second-order valence-corrected chi connectivity index (χ2v) is 11.0. The molecule has 1 aliphatic rings. The van der Waals surface area contributed by atoms with Gasteiger partial charge in [-0.15, -0.1) is 0 Å². The number of nitrogens with one attached hydrogen (secondary N) is 2. The zero-order valence-electron chi connectivity index (χ0n) is 23.8. The molecule has 1 fully saturated rings. The summed E-state index contributed by atoms with van der Waals surface area (Å²) in [6.07, 6.45) is 2.86. The Labute approximate surface area is 247 Å². The van der Waals surface area contributed by atoms with Crippen LogP contribution in [0, 0.1) is 6.92 Å². The Morgan fingerprint density at radius 1 is 1.07 bits per heavy atom. The molecule has 2 aromatic carbocycles. The fraction of sp³-hybridized carbons (Fsp3) is 0.290. The highest BCUT2D eigenvalue weighted by molar-refractivity contribution is 6.36. The first-order chi connectivity index (χ1) is 20.0. The Bertz CT molecular complexity index is 1810. The number of hydrogen-bond acceptors (Lipinski definition) is 7. The van der Waals surface area contributed by atoms with E-state index in [4.69, 9.17) is 21.3 Å². The minimum atomic E-state index is -0.676. The summed E-state index contributed by atoms with van der Waals surface area (Å²) >= 11 is 6.97. The molecule has 10 nitrogen and oxygen atoms in total. The molecule has 0 spiro atoms. The molecular formula is C31H32ClN5O5. The molecule has 1 aliphatic carbocycles. The van der Waals surface area contributed by atoms with Gasteiger partial charge in [0.25, 0.3) is 11.5 Å². The number of amides is 1. The van der Waals surface area contributed by atoms with Crippen molar-refractivity contribution >= 4 is 23.2 Å². The van der Waals surface area contributed by atoms with Gasteiger partial charge in [0, 0.05) is 55.8 Å². The van der Waals surface area contributed by atoms with Gasteiger partial charge in [-0.1, -0.05) is 48.0 Å². The Morgan fingerprint density at radius 3 is 2.48 bits per heavy atom. The van der Waals surface area contributed by atoms with Crippen LogP contribution >= 0.6 is 11.6 Å². The number of carbonyl (C=O) groups is 1. The molecule has 11 heteroatoms. The summed E-state index contributed by atoms with van der Waals surface area (Å²) in [5, 5.41) is 16.6. The van der Waals surface area contributed by atoms with Crippen molar-refractivity contribution in [2.45, 2.75) is 31.9 Å². The summed E-state index contributed by atoms with van der Waals surface area (Å²) in [7, 11) is 4.38. The monoisotopic (exact) mass is 589 g/mol. The Balaban J connectivity index is 1.43. The van der Waals surface area contributed by atoms with Crippen LogP contribution in [0.5, 0.6) is 5.88 Å². The minimum Gasteiger partial charge on any atom is -0.481 e. The number of aryl methyl sites for hydroxylation is 1. The van der Waals surface area contributed by atoms with Gasteiger partial charge < -0.3 is 25.0 Å². The number of rotatable bonds is 9. The maximum Gasteiger partial charge on any atom is 0.330 e. The highest BCUT2D eigenvalue weighted by atomic mass is 35.5. The maximum atomic E-state index is 13.1. The van der Waals surface area contributed by atoms with Crippen molar-refractivity contribution in [3.05, 3.63) is 97.3 Å². The van der Waals surface area contributed by atoms with Gasteiger partial charge in [-0.2, -0.15) is 0 Å². The SMILES string of the molecule is COc1nc(-c2cccc(-c3cccc(NC(=O)c4cn(C)c(=O)n(C)c4=O)c3C)c2Cl)ccc1CNCC1(O)CC1. The van der Waals surface area contributed by atoms with Crippen molar-refractivity contribution in [1.29, 1.82) is 0 Å². The van der Waals surface area contributed by atoms with E-state index in [0.717, 1.165) is 39.7 Å². The molecule has 4 aromatic rings. The van der Waals surface area contributed by atoms with E-state index in [0.29, 0.717) is 40.9 Å². The van der Waals surface area contributed by atoms with Crippen LogP contribution in [-0.2, 0) is 20.6 Å². The number of aliphatic hydroxyl groups is 1. The number of anilines is 1. The van der Waals surface area contributed by atoms with E-state index in [2.05, 4.69) is 10.6 Å². The Hall–Kier alpha value is -4.25. The average molecular weight is 590 g/mol. The molecule has 5 rings (SSSR count). The molecule has 0 bridgehead atoms. The van der Waals surface area contributed by atoms with E-state index < -0.39 is 22.8 Å². The van der Waals surface area contributed by atoms with Crippen molar-refractivity contribution in [3.63, 3.8) is 0 Å². The molecule has 42 heavy (non-hydrogen) atoms. The van der Waals surface area contributed by atoms with E-state index >= 15 is 0 Å². The summed E-state index contributed by atoms with van der Waals surface area (Å²) in [5.41, 5.74) is 3.06. The van der Waals surface area contributed by atoms with Crippen LogP contribution in [0.15, 0.2) is 64.3 Å². The molecule has 1 saturated carbocycles. The van der Waals surface area contributed by atoms with Crippen LogP contribution in [0.3, 0.4) is 0 Å². The third-order valence-corrected chi connectivity index (χ3v) is 7.97. The summed E-state index contributed by atoms with van der Waals surface area (Å²) in [6.45, 7) is 2.88. The van der Waals surface area contributed by atoms with Gasteiger partial charge >= 0.3 is 5.69 Å². The van der Waals surface area contributed by atoms with Gasteiger partial charge in [0.15, 0.2) is 0 Å². The second kappa shape index (κ2) is 11.6. The average Bonchev–Trinajstić information content (AvgIpc) is 3.72. The molecule has 1 amide bonds. The van der Waals surface area contributed by atoms with Crippen molar-refractivity contribution in [2.24, 2.45) is 14.1 Å². The first kappa shape index (κ1) is 29.2. The fourth-order valence-electron chi connectivity index (χ4n) is 4.84. The lowest BCUT2D eigenvalue weighted by Crippen LogP contribution is -2.40. The molecule has 0 unspecified atom stereocenters. The number of ether oxygens (including phenoxy) is 1. The number of carbonyl (C=O) groups excluding carboxylic acids is 1. The summed E-state index contributed by atoms with van der Waals surface area (Å²) in [6, 6.07) is 14.9. The third kappa shape index (κ3) is 5.74. The van der Waals surface area contributed by atoms with Gasteiger partial charge in [0.1, 0.15) is 5.56 Å². The second-order valence-electron chi connectivity index (χ2n) is 10.6. The number of pyridine rings is 1. The van der Waals surface area contributed by atoms with Crippen LogP contribution in [0.25, 0.3) is 22.4 Å². The fourth-order valence-corrected chi connectivity index (χ4v) is 5.16. The normalized spacial score (nSPS) is 13.6. The summed E-state index contributed by atoms with van der Waals surface area (Å²) in [5.74, 6) is -0.154. The Kier molecular flexibility index (Phi) is 8.05. The van der Waals surface area contributed by atoms with Gasteiger partial charge in [-0.3, -0.25) is 14.2 Å². The maximum absolute atomic E-state index is 13.1. The van der Waals surface area contributed by atoms with Crippen LogP contribution in [-0.4, -0.2) is 44.4 Å². The van der Waals surface area contributed by atoms with E-state index in [1.165, 1.54) is 24.9 Å². The number of hydrogen-bond donors (Lipinski definition) is 3. The standard InChI is InChI=1S/C31H32ClN5O5/c1-18-20(7-6-10-24(18)34-27(38)23-16-36(2)30(40)37(3)29(23)39)21-8-5-9-22(26(21)32)25-12-11-19(28(35-25)42-4)15-33-17-31(41)13-14-31/h5-12,16,33,41H,13-15,17H2,1-4H3,(H,34,38). The smallest absolute Gasteiger partial charge is 0.330 e. The van der Waals surface area contributed by atoms with Crippen molar-refractivity contribution in [1.82, 2.24) is 19.4 Å². The van der Waals surface area contributed by atoms with E-state index in [1.54, 1.807) is 19.2 Å². The zero-order valence-corrected chi connectivity index (χ0v) is 24.6. The van der Waals surface area contributed by atoms with Gasteiger partial charge in [-0.05, 0) is 43.0 Å². The molecule has 0 aliphatic heterocycles. The number of methoxy groups -OCH3 is 1. The molecular weight excluding hydrogens is 558 g/mol. The lowest BCUT2D eigenvalue weighted by atomic mass is 9.96. The largest absolute Gasteiger partial charge is 0.481 e. The first-order valence-corrected chi connectivity index (χ1v) is 13.8. The first-order valence-electron chi connectivity index (χ1n) is 13.5. The molecule has 2 aromatic heterocycles. The lowest BCUT2D eigenvalue weighted by molar-refractivity contribution is 0.102. The summed E-state index contributed by atoms with van der Waals surface area (Å²) in [4.78, 5) is 42.4. The predicted molar refractivity (Wildman–Crippen MR) is 162 cm³/mol. The van der Waals surface area contributed by atoms with E-state index in [-0.39, 0.29) is 5.56 Å². The molecule has 218 valence electrons. The predicted octanol–water partition coefficient (Wildman–Crippen LogP) is 3.65. The molecule has 3 N–H and O–H groups in total. The number of nitrogens with zero attached hydrogens (tertiary/aromatic N) is 3.